The van der Waals surface area contributed by atoms with Gasteiger partial charge in [0, 0.05) is 33.6 Å². The molecule has 46 heavy (non-hydrogen) atoms. The Bertz CT molecular complexity index is 1800. The van der Waals surface area contributed by atoms with Gasteiger partial charge in [0.05, 0.1) is 10.6 Å². The summed E-state index contributed by atoms with van der Waals surface area (Å²) in [7, 11) is -4.26. The molecule has 4 aromatic carbocycles. The van der Waals surface area contributed by atoms with Gasteiger partial charge >= 0.3 is 0 Å². The van der Waals surface area contributed by atoms with Gasteiger partial charge in [-0.2, -0.15) is 0 Å². The zero-order valence-electron chi connectivity index (χ0n) is 26.0. The summed E-state index contributed by atoms with van der Waals surface area (Å²) in [5.74, 6) is -1.01. The Labute approximate surface area is 286 Å². The molecule has 242 valence electrons. The summed E-state index contributed by atoms with van der Waals surface area (Å²) in [4.78, 5) is 30.0. The Hall–Kier alpha value is -3.56. The molecule has 0 heterocycles. The first-order valence-corrected chi connectivity index (χ1v) is 17.2. The van der Waals surface area contributed by atoms with Crippen LogP contribution in [-0.2, 0) is 32.6 Å². The summed E-state index contributed by atoms with van der Waals surface area (Å²) in [6.07, 6.45) is 0.168. The van der Waals surface area contributed by atoms with Crippen molar-refractivity contribution in [2.75, 3.05) is 10.8 Å². The molecule has 0 aromatic heterocycles. The van der Waals surface area contributed by atoms with Gasteiger partial charge in [-0.15, -0.1) is 0 Å². The molecule has 2 amide bonds. The number of nitrogens with zero attached hydrogens (tertiary/aromatic N) is 2. The van der Waals surface area contributed by atoms with Crippen molar-refractivity contribution < 1.29 is 18.0 Å². The van der Waals surface area contributed by atoms with E-state index in [1.807, 2.05) is 51.1 Å². The Morgan fingerprint density at radius 1 is 0.826 bits per heavy atom. The average molecular weight is 701 g/mol. The zero-order chi connectivity index (χ0) is 33.6. The third kappa shape index (κ3) is 9.04. The largest absolute Gasteiger partial charge is 0.350 e. The molecular formula is C35H36Cl3N3O4S. The van der Waals surface area contributed by atoms with Crippen molar-refractivity contribution in [3.05, 3.63) is 129 Å². The second kappa shape index (κ2) is 14.9. The fourth-order valence-corrected chi connectivity index (χ4v) is 7.05. The maximum Gasteiger partial charge on any atom is 0.264 e. The van der Waals surface area contributed by atoms with Crippen molar-refractivity contribution in [2.45, 2.75) is 57.1 Å². The van der Waals surface area contributed by atoms with Gasteiger partial charge in [-0.3, -0.25) is 13.9 Å². The highest BCUT2D eigenvalue weighted by atomic mass is 35.5. The monoisotopic (exact) mass is 699 g/mol. The quantitative estimate of drug-likeness (QED) is 0.174. The minimum atomic E-state index is -4.26. The van der Waals surface area contributed by atoms with E-state index in [2.05, 4.69) is 5.32 Å². The number of carbonyl (C=O) groups excluding carboxylic acids is 2. The molecule has 0 saturated carbocycles. The smallest absolute Gasteiger partial charge is 0.264 e. The van der Waals surface area contributed by atoms with Gasteiger partial charge in [0.25, 0.3) is 10.0 Å². The fourth-order valence-electron chi connectivity index (χ4n) is 4.92. The van der Waals surface area contributed by atoms with Crippen LogP contribution in [0.4, 0.5) is 5.69 Å². The number of sulfonamides is 1. The van der Waals surface area contributed by atoms with E-state index in [0.29, 0.717) is 26.2 Å². The molecule has 0 aliphatic carbocycles. The van der Waals surface area contributed by atoms with E-state index in [-0.39, 0.29) is 23.5 Å². The van der Waals surface area contributed by atoms with E-state index in [4.69, 9.17) is 34.8 Å². The molecule has 0 spiro atoms. The molecule has 0 bridgehead atoms. The minimum Gasteiger partial charge on any atom is -0.350 e. The average Bonchev–Trinajstić information content (AvgIpc) is 3.00. The number of nitrogens with one attached hydrogen (secondary N) is 1. The van der Waals surface area contributed by atoms with Crippen LogP contribution in [-0.4, -0.2) is 43.3 Å². The Morgan fingerprint density at radius 2 is 1.41 bits per heavy atom. The fraction of sp³-hybridized carbons (Fsp3) is 0.257. The second-order valence-electron chi connectivity index (χ2n) is 12.0. The Kier molecular flexibility index (Phi) is 11.4. The molecule has 11 heteroatoms. The first-order chi connectivity index (χ1) is 21.7. The van der Waals surface area contributed by atoms with Crippen molar-refractivity contribution in [1.82, 2.24) is 10.2 Å². The maximum absolute atomic E-state index is 14.6. The summed E-state index contributed by atoms with van der Waals surface area (Å²) in [6.45, 7) is 6.59. The highest BCUT2D eigenvalue weighted by Gasteiger charge is 2.36. The van der Waals surface area contributed by atoms with Gasteiger partial charge in [0.2, 0.25) is 11.8 Å². The number of carbonyl (C=O) groups is 2. The van der Waals surface area contributed by atoms with Gasteiger partial charge in [0.15, 0.2) is 0 Å². The molecule has 0 fully saturated rings. The highest BCUT2D eigenvalue weighted by Crippen LogP contribution is 2.31. The highest BCUT2D eigenvalue weighted by molar-refractivity contribution is 7.92. The molecule has 0 radical (unpaired) electrons. The van der Waals surface area contributed by atoms with Crippen molar-refractivity contribution >= 4 is 62.3 Å². The predicted molar refractivity (Wildman–Crippen MR) is 186 cm³/mol. The zero-order valence-corrected chi connectivity index (χ0v) is 29.1. The van der Waals surface area contributed by atoms with Crippen molar-refractivity contribution in [3.63, 3.8) is 0 Å². The lowest BCUT2D eigenvalue weighted by atomic mass is 10.0. The summed E-state index contributed by atoms with van der Waals surface area (Å²) in [5.41, 5.74) is 1.58. The number of hydrogen-bond acceptors (Lipinski definition) is 4. The summed E-state index contributed by atoms with van der Waals surface area (Å²) >= 11 is 19.1. The minimum absolute atomic E-state index is 0.000724. The molecule has 0 aliphatic heterocycles. The first kappa shape index (κ1) is 35.3. The van der Waals surface area contributed by atoms with Gasteiger partial charge in [-0.05, 0) is 80.8 Å². The number of amides is 2. The van der Waals surface area contributed by atoms with Crippen LogP contribution in [0.1, 0.15) is 37.5 Å². The summed E-state index contributed by atoms with van der Waals surface area (Å²) in [6, 6.07) is 25.9. The molecule has 4 rings (SSSR count). The first-order valence-electron chi connectivity index (χ1n) is 14.6. The van der Waals surface area contributed by atoms with Crippen LogP contribution in [0, 0.1) is 6.92 Å². The molecule has 0 saturated heterocycles. The third-order valence-corrected chi connectivity index (χ3v) is 9.77. The SMILES string of the molecule is Cc1ccc(Cl)cc1N(CC(=O)N(Cc1ccc(Cl)cc1Cl)C(Cc1ccccc1)C(=O)NC(C)(C)C)S(=O)(=O)c1ccccc1. The summed E-state index contributed by atoms with van der Waals surface area (Å²) < 4.78 is 29.4. The van der Waals surface area contributed by atoms with Crippen LogP contribution in [0.2, 0.25) is 15.1 Å². The maximum atomic E-state index is 14.6. The van der Waals surface area contributed by atoms with E-state index in [1.165, 1.54) is 23.1 Å². The number of anilines is 1. The van der Waals surface area contributed by atoms with Crippen LogP contribution < -0.4 is 9.62 Å². The van der Waals surface area contributed by atoms with Crippen LogP contribution in [0.5, 0.6) is 0 Å². The van der Waals surface area contributed by atoms with Crippen molar-refractivity contribution in [3.8, 4) is 0 Å². The number of rotatable bonds is 11. The van der Waals surface area contributed by atoms with E-state index in [1.54, 1.807) is 55.5 Å². The number of hydrogen-bond donors (Lipinski definition) is 1. The van der Waals surface area contributed by atoms with Crippen LogP contribution in [0.15, 0.2) is 102 Å². The summed E-state index contributed by atoms with van der Waals surface area (Å²) in [5, 5.41) is 4.03. The second-order valence-corrected chi connectivity index (χ2v) is 15.1. The van der Waals surface area contributed by atoms with Crippen LogP contribution in [0.25, 0.3) is 0 Å². The standard InChI is InChI=1S/C35H36Cl3N3O4S/c1-24-15-17-28(37)21-31(24)41(46(44,45)29-13-9-6-10-14-29)23-33(42)40(22-26-16-18-27(36)20-30(26)38)32(34(43)39-35(2,3)4)19-25-11-7-5-8-12-25/h5-18,20-21,32H,19,22-23H2,1-4H3,(H,39,43). The lowest BCUT2D eigenvalue weighted by Crippen LogP contribution is -2.56. The predicted octanol–water partition coefficient (Wildman–Crippen LogP) is 7.71. The van der Waals surface area contributed by atoms with Gasteiger partial charge < -0.3 is 10.2 Å². The van der Waals surface area contributed by atoms with Gasteiger partial charge in [0.1, 0.15) is 12.6 Å². The molecule has 7 nitrogen and oxygen atoms in total. The lowest BCUT2D eigenvalue weighted by Gasteiger charge is -2.35. The number of halogens is 3. The molecule has 1 atom stereocenters. The van der Waals surface area contributed by atoms with E-state index >= 15 is 0 Å². The molecule has 1 unspecified atom stereocenters. The lowest BCUT2D eigenvalue weighted by molar-refractivity contribution is -0.140. The Morgan fingerprint density at radius 3 is 2.02 bits per heavy atom. The normalized spacial score (nSPS) is 12.3. The van der Waals surface area contributed by atoms with Crippen LogP contribution in [0.3, 0.4) is 0 Å². The van der Waals surface area contributed by atoms with Gasteiger partial charge in [-0.1, -0.05) is 95.5 Å². The van der Waals surface area contributed by atoms with E-state index < -0.39 is 40.0 Å². The number of aryl methyl sites for hydroxylation is 1. The topological polar surface area (TPSA) is 86.8 Å². The van der Waals surface area contributed by atoms with E-state index in [0.717, 1.165) is 9.87 Å². The van der Waals surface area contributed by atoms with Gasteiger partial charge in [-0.25, -0.2) is 8.42 Å². The Balaban J connectivity index is 1.86. The third-order valence-electron chi connectivity index (χ3n) is 7.18. The van der Waals surface area contributed by atoms with Crippen molar-refractivity contribution in [1.29, 1.82) is 0 Å². The molecule has 0 aliphatic rings. The number of benzene rings is 4. The van der Waals surface area contributed by atoms with E-state index in [9.17, 15) is 18.0 Å². The molecule has 1 N–H and O–H groups in total. The van der Waals surface area contributed by atoms with Crippen LogP contribution >= 0.6 is 34.8 Å². The van der Waals surface area contributed by atoms with Crippen molar-refractivity contribution in [2.24, 2.45) is 0 Å². The molecular weight excluding hydrogens is 665 g/mol. The molecule has 4 aromatic rings.